The Morgan fingerprint density at radius 1 is 0.583 bits per heavy atom. The van der Waals surface area contributed by atoms with E-state index < -0.39 is 0 Å². The van der Waals surface area contributed by atoms with Crippen molar-refractivity contribution >= 4 is 11.9 Å². The Kier molecular flexibility index (Phi) is 16.6. The molecule has 138 valence electrons. The molecule has 0 aliphatic carbocycles. The van der Waals surface area contributed by atoms with E-state index in [1.54, 1.807) is 0 Å². The summed E-state index contributed by atoms with van der Waals surface area (Å²) >= 11 is 0. The Bertz CT molecular complexity index is 372. The second kappa shape index (κ2) is 17.8. The highest BCUT2D eigenvalue weighted by atomic mass is 16.5. The average Bonchev–Trinajstić information content (AvgIpc) is 2.53. The first-order valence-electron chi connectivity index (χ1n) is 9.19. The van der Waals surface area contributed by atoms with Crippen LogP contribution in [0, 0.1) is 0 Å². The van der Waals surface area contributed by atoms with E-state index in [1.807, 2.05) is 0 Å². The van der Waals surface area contributed by atoms with Crippen LogP contribution in [-0.2, 0) is 19.1 Å². The van der Waals surface area contributed by atoms with Gasteiger partial charge in [0, 0.05) is 13.8 Å². The van der Waals surface area contributed by atoms with Crippen molar-refractivity contribution in [2.24, 2.45) is 0 Å². The molecule has 0 radical (unpaired) electrons. The summed E-state index contributed by atoms with van der Waals surface area (Å²) in [6.07, 6.45) is 20.0. The number of allylic oxidation sites excluding steroid dienone is 3. The van der Waals surface area contributed by atoms with Crippen LogP contribution in [0.25, 0.3) is 0 Å². The molecule has 0 saturated carbocycles. The minimum absolute atomic E-state index is 0.192. The van der Waals surface area contributed by atoms with Crippen LogP contribution in [0.2, 0.25) is 0 Å². The van der Waals surface area contributed by atoms with Crippen molar-refractivity contribution in [1.82, 2.24) is 0 Å². The van der Waals surface area contributed by atoms with Crippen LogP contribution in [-0.4, -0.2) is 25.2 Å². The smallest absolute Gasteiger partial charge is 0.302 e. The minimum atomic E-state index is -0.209. The van der Waals surface area contributed by atoms with Gasteiger partial charge in [-0.25, -0.2) is 0 Å². The van der Waals surface area contributed by atoms with E-state index in [0.29, 0.717) is 13.2 Å². The number of unbranched alkanes of at least 4 members (excludes halogenated alkanes) is 7. The first-order chi connectivity index (χ1) is 11.6. The summed E-state index contributed by atoms with van der Waals surface area (Å²) in [7, 11) is 0. The molecule has 0 aromatic heterocycles. The lowest BCUT2D eigenvalue weighted by Gasteiger charge is -1.99. The molecule has 4 nitrogen and oxygen atoms in total. The standard InChI is InChI=1S/C20H34O4/c1-19(21)23-17-15-13-11-9-7-5-3-4-6-8-10-12-14-16-18-24-20(2)22/h7,9,12,14H,3-6,8,10-11,13,15-18H2,1-2H3. The number of carbonyl (C=O) groups is 2. The maximum Gasteiger partial charge on any atom is 0.302 e. The molecule has 0 aliphatic heterocycles. The number of esters is 2. The molecule has 0 atom stereocenters. The van der Waals surface area contributed by atoms with Crippen molar-refractivity contribution < 1.29 is 19.1 Å². The normalized spacial score (nSPS) is 11.2. The summed E-state index contributed by atoms with van der Waals surface area (Å²) in [5.41, 5.74) is 0. The van der Waals surface area contributed by atoms with E-state index in [0.717, 1.165) is 38.5 Å². The maximum atomic E-state index is 10.6. The third-order valence-electron chi connectivity index (χ3n) is 3.49. The van der Waals surface area contributed by atoms with Crippen molar-refractivity contribution in [3.8, 4) is 0 Å². The predicted molar refractivity (Wildman–Crippen MR) is 97.7 cm³/mol. The van der Waals surface area contributed by atoms with Gasteiger partial charge in [-0.2, -0.15) is 0 Å². The van der Waals surface area contributed by atoms with E-state index in [4.69, 9.17) is 9.47 Å². The molecule has 0 aromatic rings. The molecule has 4 heteroatoms. The van der Waals surface area contributed by atoms with E-state index >= 15 is 0 Å². The third kappa shape index (κ3) is 20.4. The summed E-state index contributed by atoms with van der Waals surface area (Å²) in [5, 5.41) is 0. The maximum absolute atomic E-state index is 10.6. The number of rotatable bonds is 15. The number of carbonyl (C=O) groups excluding carboxylic acids is 2. The Labute approximate surface area is 147 Å². The van der Waals surface area contributed by atoms with Gasteiger partial charge in [0.1, 0.15) is 0 Å². The van der Waals surface area contributed by atoms with E-state index in [1.165, 1.54) is 39.5 Å². The molecule has 0 spiro atoms. The number of ether oxygens (including phenoxy) is 2. The molecule has 0 fully saturated rings. The highest BCUT2D eigenvalue weighted by Crippen LogP contribution is 2.07. The fourth-order valence-electron chi connectivity index (χ4n) is 2.20. The SMILES string of the molecule is CC(=O)OCCC=CCCCCCCC=CCCCCOC(C)=O. The second-order valence-electron chi connectivity index (χ2n) is 5.90. The van der Waals surface area contributed by atoms with Gasteiger partial charge >= 0.3 is 11.9 Å². The van der Waals surface area contributed by atoms with Crippen LogP contribution in [0.1, 0.15) is 78.1 Å². The fraction of sp³-hybridized carbons (Fsp3) is 0.700. The fourth-order valence-corrected chi connectivity index (χ4v) is 2.20. The predicted octanol–water partition coefficient (Wildman–Crippen LogP) is 5.13. The third-order valence-corrected chi connectivity index (χ3v) is 3.49. The summed E-state index contributed by atoms with van der Waals surface area (Å²) in [6.45, 7) is 3.91. The average molecular weight is 338 g/mol. The van der Waals surface area contributed by atoms with Crippen LogP contribution >= 0.6 is 0 Å². The molecule has 0 heterocycles. The van der Waals surface area contributed by atoms with Crippen LogP contribution in [0.4, 0.5) is 0 Å². The van der Waals surface area contributed by atoms with Gasteiger partial charge in [0.25, 0.3) is 0 Å². The Balaban J connectivity index is 3.19. The first-order valence-corrected chi connectivity index (χ1v) is 9.19. The summed E-state index contributed by atoms with van der Waals surface area (Å²) < 4.78 is 9.74. The highest BCUT2D eigenvalue weighted by Gasteiger charge is 1.92. The van der Waals surface area contributed by atoms with Crippen molar-refractivity contribution in [3.63, 3.8) is 0 Å². The van der Waals surface area contributed by atoms with Crippen LogP contribution in [0.3, 0.4) is 0 Å². The molecular formula is C20H34O4. The van der Waals surface area contributed by atoms with Gasteiger partial charge in [0.2, 0.25) is 0 Å². The zero-order valence-corrected chi connectivity index (χ0v) is 15.4. The van der Waals surface area contributed by atoms with Gasteiger partial charge in [-0.15, -0.1) is 0 Å². The Morgan fingerprint density at radius 2 is 1.00 bits per heavy atom. The second-order valence-corrected chi connectivity index (χ2v) is 5.90. The highest BCUT2D eigenvalue weighted by molar-refractivity contribution is 5.66. The summed E-state index contributed by atoms with van der Waals surface area (Å²) in [5.74, 6) is -0.400. The van der Waals surface area contributed by atoms with Crippen molar-refractivity contribution in [3.05, 3.63) is 24.3 Å². The molecule has 0 bridgehead atoms. The first kappa shape index (κ1) is 22.4. The van der Waals surface area contributed by atoms with Gasteiger partial charge < -0.3 is 9.47 Å². The van der Waals surface area contributed by atoms with Crippen LogP contribution in [0.15, 0.2) is 24.3 Å². The van der Waals surface area contributed by atoms with Crippen LogP contribution < -0.4 is 0 Å². The molecular weight excluding hydrogens is 304 g/mol. The van der Waals surface area contributed by atoms with E-state index in [2.05, 4.69) is 24.3 Å². The molecule has 0 aromatic carbocycles. The lowest BCUT2D eigenvalue weighted by atomic mass is 10.1. The van der Waals surface area contributed by atoms with Crippen molar-refractivity contribution in [1.29, 1.82) is 0 Å². The molecule has 24 heavy (non-hydrogen) atoms. The zero-order valence-electron chi connectivity index (χ0n) is 15.4. The largest absolute Gasteiger partial charge is 0.466 e. The van der Waals surface area contributed by atoms with Crippen LogP contribution in [0.5, 0.6) is 0 Å². The van der Waals surface area contributed by atoms with Gasteiger partial charge in [-0.05, 0) is 51.4 Å². The number of hydrogen-bond acceptors (Lipinski definition) is 4. The van der Waals surface area contributed by atoms with Crippen molar-refractivity contribution in [2.75, 3.05) is 13.2 Å². The van der Waals surface area contributed by atoms with Gasteiger partial charge in [0.15, 0.2) is 0 Å². The summed E-state index contributed by atoms with van der Waals surface area (Å²) in [4.78, 5) is 21.1. The molecule has 0 saturated heterocycles. The van der Waals surface area contributed by atoms with E-state index in [9.17, 15) is 9.59 Å². The molecule has 0 unspecified atom stereocenters. The molecule has 0 amide bonds. The lowest BCUT2D eigenvalue weighted by Crippen LogP contribution is -1.99. The minimum Gasteiger partial charge on any atom is -0.466 e. The zero-order chi connectivity index (χ0) is 17.9. The quantitative estimate of drug-likeness (QED) is 0.236. The Morgan fingerprint density at radius 3 is 1.50 bits per heavy atom. The van der Waals surface area contributed by atoms with Crippen molar-refractivity contribution in [2.45, 2.75) is 78.1 Å². The number of hydrogen-bond donors (Lipinski definition) is 0. The molecule has 0 rings (SSSR count). The van der Waals surface area contributed by atoms with E-state index in [-0.39, 0.29) is 11.9 Å². The van der Waals surface area contributed by atoms with Gasteiger partial charge in [-0.1, -0.05) is 37.1 Å². The lowest BCUT2D eigenvalue weighted by molar-refractivity contribution is -0.141. The Hall–Kier alpha value is -1.58. The molecule has 0 aliphatic rings. The van der Waals surface area contributed by atoms with Gasteiger partial charge in [0.05, 0.1) is 13.2 Å². The van der Waals surface area contributed by atoms with Gasteiger partial charge in [-0.3, -0.25) is 9.59 Å². The topological polar surface area (TPSA) is 52.6 Å². The molecule has 0 N–H and O–H groups in total. The summed E-state index contributed by atoms with van der Waals surface area (Å²) in [6, 6.07) is 0. The monoisotopic (exact) mass is 338 g/mol.